The number of nitrogens with zero attached hydrogens (tertiary/aromatic N) is 3. The highest BCUT2D eigenvalue weighted by Gasteiger charge is 2.40. The fraction of sp³-hybridized carbons (Fsp3) is 0.690. The van der Waals surface area contributed by atoms with Crippen molar-refractivity contribution in [3.8, 4) is 11.8 Å². The first kappa shape index (κ1) is 29.2. The second kappa shape index (κ2) is 12.4. The van der Waals surface area contributed by atoms with Crippen molar-refractivity contribution in [1.82, 2.24) is 9.80 Å². The maximum atomic E-state index is 14.2. The van der Waals surface area contributed by atoms with Gasteiger partial charge in [-0.3, -0.25) is 14.5 Å². The molecule has 2 fully saturated rings. The summed E-state index contributed by atoms with van der Waals surface area (Å²) in [5.41, 5.74) is 0.0820. The molecule has 1 aromatic heterocycles. The van der Waals surface area contributed by atoms with Gasteiger partial charge < -0.3 is 14.9 Å². The van der Waals surface area contributed by atoms with Crippen molar-refractivity contribution in [2.24, 2.45) is 17.3 Å². The zero-order chi connectivity index (χ0) is 27.3. The van der Waals surface area contributed by atoms with E-state index in [1.807, 2.05) is 44.7 Å². The smallest absolute Gasteiger partial charge is 0.348 e. The summed E-state index contributed by atoms with van der Waals surface area (Å²) in [6.45, 7) is 10.2. The van der Waals surface area contributed by atoms with Gasteiger partial charge >= 0.3 is 5.97 Å². The molecule has 3 rings (SSSR count). The van der Waals surface area contributed by atoms with E-state index in [9.17, 15) is 19.5 Å². The van der Waals surface area contributed by atoms with E-state index >= 15 is 0 Å². The van der Waals surface area contributed by atoms with Gasteiger partial charge in [0.1, 0.15) is 10.9 Å². The van der Waals surface area contributed by atoms with Crippen molar-refractivity contribution in [2.45, 2.75) is 78.7 Å². The maximum Gasteiger partial charge on any atom is 0.348 e. The van der Waals surface area contributed by atoms with Crippen LogP contribution in [0.1, 0.15) is 87.2 Å². The Hall–Kier alpha value is -2.37. The fourth-order valence-corrected chi connectivity index (χ4v) is 5.88. The minimum absolute atomic E-state index is 0.0765. The van der Waals surface area contributed by atoms with E-state index in [-0.39, 0.29) is 28.0 Å². The molecule has 204 valence electrons. The Balaban J connectivity index is 2.07. The third kappa shape index (κ3) is 7.81. The number of carboxylic acids is 1. The van der Waals surface area contributed by atoms with Crippen molar-refractivity contribution in [3.05, 3.63) is 15.8 Å². The van der Waals surface area contributed by atoms with Crippen molar-refractivity contribution in [3.63, 3.8) is 0 Å². The Morgan fingerprint density at radius 2 is 1.81 bits per heavy atom. The second-order valence-corrected chi connectivity index (χ2v) is 13.0. The van der Waals surface area contributed by atoms with Gasteiger partial charge in [-0.25, -0.2) is 4.79 Å². The third-order valence-corrected chi connectivity index (χ3v) is 8.24. The molecule has 1 aliphatic carbocycles. The van der Waals surface area contributed by atoms with Crippen molar-refractivity contribution in [2.75, 3.05) is 38.6 Å². The number of amides is 2. The highest BCUT2D eigenvalue weighted by atomic mass is 32.1. The number of anilines is 1. The van der Waals surface area contributed by atoms with Gasteiger partial charge in [0.25, 0.3) is 0 Å². The first-order valence-corrected chi connectivity index (χ1v) is 14.4. The zero-order valence-corrected chi connectivity index (χ0v) is 24.1. The number of hydrogen-bond donors (Lipinski definition) is 1. The van der Waals surface area contributed by atoms with Gasteiger partial charge in [0.15, 0.2) is 0 Å². The van der Waals surface area contributed by atoms with Gasteiger partial charge in [-0.05, 0) is 91.8 Å². The largest absolute Gasteiger partial charge is 0.477 e. The summed E-state index contributed by atoms with van der Waals surface area (Å²) in [4.78, 5) is 46.6. The number of carboxylic acid groups (broad SMARTS) is 1. The Labute approximate surface area is 226 Å². The molecule has 0 aromatic carbocycles. The molecule has 1 atom stereocenters. The van der Waals surface area contributed by atoms with Gasteiger partial charge in [0.05, 0.1) is 10.6 Å². The van der Waals surface area contributed by atoms with Crippen LogP contribution in [0.15, 0.2) is 6.07 Å². The molecule has 1 unspecified atom stereocenters. The molecule has 1 saturated heterocycles. The first-order chi connectivity index (χ1) is 17.4. The average Bonchev–Trinajstić information content (AvgIpc) is 3.16. The topological polar surface area (TPSA) is 81.2 Å². The lowest BCUT2D eigenvalue weighted by Crippen LogP contribution is -2.53. The van der Waals surface area contributed by atoms with Crippen LogP contribution in [-0.2, 0) is 9.59 Å². The molecule has 0 radical (unpaired) electrons. The number of carbonyl (C=O) groups is 3. The van der Waals surface area contributed by atoms with E-state index in [4.69, 9.17) is 0 Å². The molecular formula is C29H43N3O4S. The summed E-state index contributed by atoms with van der Waals surface area (Å²) >= 11 is 1.09. The monoisotopic (exact) mass is 529 g/mol. The van der Waals surface area contributed by atoms with Gasteiger partial charge in [-0.2, -0.15) is 0 Å². The molecule has 1 saturated carbocycles. The summed E-state index contributed by atoms with van der Waals surface area (Å²) in [7, 11) is 3.95. The number of hydrogen-bond acceptors (Lipinski definition) is 5. The summed E-state index contributed by atoms with van der Waals surface area (Å²) < 4.78 is 0. The highest BCUT2D eigenvalue weighted by Crippen LogP contribution is 2.37. The van der Waals surface area contributed by atoms with E-state index < -0.39 is 12.0 Å². The van der Waals surface area contributed by atoms with Gasteiger partial charge in [0.2, 0.25) is 11.8 Å². The van der Waals surface area contributed by atoms with E-state index in [1.54, 1.807) is 11.0 Å². The van der Waals surface area contributed by atoms with E-state index in [0.29, 0.717) is 36.0 Å². The van der Waals surface area contributed by atoms with Crippen molar-refractivity contribution >= 4 is 34.8 Å². The molecule has 2 amide bonds. The number of aromatic carboxylic acids is 1. The lowest BCUT2D eigenvalue weighted by atomic mass is 9.82. The molecule has 8 heteroatoms. The minimum atomic E-state index is -1.09. The van der Waals surface area contributed by atoms with Crippen LogP contribution in [0.2, 0.25) is 0 Å². The van der Waals surface area contributed by atoms with E-state index in [1.165, 1.54) is 0 Å². The first-order valence-electron chi connectivity index (χ1n) is 13.5. The molecule has 37 heavy (non-hydrogen) atoms. The lowest BCUT2D eigenvalue weighted by Gasteiger charge is -2.36. The zero-order valence-electron chi connectivity index (χ0n) is 23.3. The van der Waals surface area contributed by atoms with Crippen LogP contribution in [-0.4, -0.2) is 72.5 Å². The number of rotatable bonds is 7. The number of likely N-dealkylation sites (tertiary alicyclic amines) is 1. The predicted molar refractivity (Wildman–Crippen MR) is 149 cm³/mol. The van der Waals surface area contributed by atoms with Crippen molar-refractivity contribution < 1.29 is 19.5 Å². The molecule has 0 bridgehead atoms. The van der Waals surface area contributed by atoms with Crippen LogP contribution in [0, 0.1) is 29.1 Å². The van der Waals surface area contributed by atoms with Crippen LogP contribution in [0.4, 0.5) is 5.69 Å². The predicted octanol–water partition coefficient (Wildman–Crippen LogP) is 4.95. The summed E-state index contributed by atoms with van der Waals surface area (Å²) in [6, 6.07) is 1.02. The standard InChI is InChI=1S/C29H43N3O4S/c1-20-10-12-21(13-11-20)26(33)32(23-9-7-8-16-31(27(23)34)18-17-30(5)6)24-19-22(14-15-29(2,3)4)37-25(24)28(35)36/h19-21,23H,7-13,16-18H2,1-6H3,(H,35,36). The third-order valence-electron chi connectivity index (χ3n) is 7.21. The Kier molecular flexibility index (Phi) is 9.82. The number of carbonyl (C=O) groups excluding carboxylic acids is 2. The van der Waals surface area contributed by atoms with E-state index in [0.717, 1.165) is 56.4 Å². The van der Waals surface area contributed by atoms with Crippen LogP contribution in [0.25, 0.3) is 0 Å². The fourth-order valence-electron chi connectivity index (χ4n) is 5.04. The molecule has 1 aromatic rings. The maximum absolute atomic E-state index is 14.2. The highest BCUT2D eigenvalue weighted by molar-refractivity contribution is 7.15. The molecule has 7 nitrogen and oxygen atoms in total. The molecule has 2 heterocycles. The van der Waals surface area contributed by atoms with Gasteiger partial charge in [-0.15, -0.1) is 11.3 Å². The van der Waals surface area contributed by atoms with Crippen LogP contribution in [0.3, 0.4) is 0 Å². The number of thiophene rings is 1. The lowest BCUT2D eigenvalue weighted by molar-refractivity contribution is -0.135. The molecule has 1 N–H and O–H groups in total. The molecular weight excluding hydrogens is 486 g/mol. The average molecular weight is 530 g/mol. The summed E-state index contributed by atoms with van der Waals surface area (Å²) in [5.74, 6) is 5.37. The van der Waals surface area contributed by atoms with Gasteiger partial charge in [0, 0.05) is 31.0 Å². The number of likely N-dealkylation sites (N-methyl/N-ethyl adjacent to an activating group) is 1. The van der Waals surface area contributed by atoms with Crippen LogP contribution < -0.4 is 4.90 Å². The Bertz CT molecular complexity index is 1040. The minimum Gasteiger partial charge on any atom is -0.477 e. The molecule has 1 aliphatic heterocycles. The second-order valence-electron chi connectivity index (χ2n) is 11.9. The Morgan fingerprint density at radius 3 is 2.41 bits per heavy atom. The van der Waals surface area contributed by atoms with Crippen LogP contribution in [0.5, 0.6) is 0 Å². The normalized spacial score (nSPS) is 22.8. The van der Waals surface area contributed by atoms with Crippen molar-refractivity contribution in [1.29, 1.82) is 0 Å². The van der Waals surface area contributed by atoms with E-state index in [2.05, 4.69) is 18.8 Å². The van der Waals surface area contributed by atoms with Crippen LogP contribution >= 0.6 is 11.3 Å². The summed E-state index contributed by atoms with van der Waals surface area (Å²) in [6.07, 6.45) is 5.69. The van der Waals surface area contributed by atoms with Gasteiger partial charge in [-0.1, -0.05) is 18.8 Å². The Morgan fingerprint density at radius 1 is 1.14 bits per heavy atom. The SMILES string of the molecule is CC1CCC(C(=O)N(c2cc(C#CC(C)(C)C)sc2C(=O)O)C2CCCCN(CCN(C)C)C2=O)CC1. The summed E-state index contributed by atoms with van der Waals surface area (Å²) in [5, 5.41) is 10.1. The molecule has 0 spiro atoms. The quantitative estimate of drug-likeness (QED) is 0.506. The molecule has 2 aliphatic rings.